The second kappa shape index (κ2) is 5.14. The Labute approximate surface area is 124 Å². The average molecular weight is 290 g/mol. The lowest BCUT2D eigenvalue weighted by Gasteiger charge is -2.40. The monoisotopic (exact) mass is 290 g/mol. The van der Waals surface area contributed by atoms with Crippen molar-refractivity contribution in [1.29, 1.82) is 0 Å². The summed E-state index contributed by atoms with van der Waals surface area (Å²) in [6.07, 6.45) is 3.64. The molecule has 1 fully saturated rings. The largest absolute Gasteiger partial charge is 0.356 e. The summed E-state index contributed by atoms with van der Waals surface area (Å²) >= 11 is 0. The van der Waals surface area contributed by atoms with Crippen molar-refractivity contribution in [2.45, 2.75) is 26.3 Å². The van der Waals surface area contributed by atoms with Crippen LogP contribution in [0.1, 0.15) is 25.3 Å². The molecule has 1 aromatic rings. The van der Waals surface area contributed by atoms with Crippen LogP contribution in [0.25, 0.3) is 0 Å². The summed E-state index contributed by atoms with van der Waals surface area (Å²) in [4.78, 5) is 24.3. The first-order valence-corrected chi connectivity index (χ1v) is 7.33. The van der Waals surface area contributed by atoms with Crippen molar-refractivity contribution in [3.05, 3.63) is 11.9 Å². The number of carbonyl (C=O) groups excluding carboxylic acids is 1. The van der Waals surface area contributed by atoms with E-state index in [1.165, 1.54) is 6.33 Å². The average Bonchev–Trinajstić information content (AvgIpc) is 2.49. The Morgan fingerprint density at radius 3 is 2.76 bits per heavy atom. The van der Waals surface area contributed by atoms with Gasteiger partial charge in [-0.05, 0) is 24.8 Å². The molecule has 0 bridgehead atoms. The second-order valence-electron chi connectivity index (χ2n) is 6.31. The van der Waals surface area contributed by atoms with Crippen molar-refractivity contribution in [1.82, 2.24) is 14.9 Å². The van der Waals surface area contributed by atoms with E-state index >= 15 is 0 Å². The number of aromatic nitrogens is 2. The number of nitrogens with zero attached hydrogens (tertiary/aromatic N) is 4. The molecule has 3 heterocycles. The van der Waals surface area contributed by atoms with Gasteiger partial charge in [-0.1, -0.05) is 6.92 Å². The van der Waals surface area contributed by atoms with Gasteiger partial charge in [0.05, 0.1) is 12.1 Å². The van der Waals surface area contributed by atoms with Crippen LogP contribution >= 0.6 is 0 Å². The third kappa shape index (κ3) is 2.53. The maximum atomic E-state index is 11.7. The van der Waals surface area contributed by atoms with Crippen molar-refractivity contribution in [3.8, 4) is 0 Å². The lowest BCUT2D eigenvalue weighted by molar-refractivity contribution is 0.218. The molecule has 0 unspecified atom stereocenters. The highest BCUT2D eigenvalue weighted by Gasteiger charge is 2.32. The molecule has 114 valence electrons. The van der Waals surface area contributed by atoms with E-state index in [0.29, 0.717) is 12.4 Å². The summed E-state index contributed by atoms with van der Waals surface area (Å²) in [6.45, 7) is 5.39. The molecule has 0 aliphatic carbocycles. The molecule has 7 heteroatoms. The minimum Gasteiger partial charge on any atom is -0.356 e. The number of piperidine rings is 1. The maximum Gasteiger partial charge on any atom is 0.323 e. The third-order valence-corrected chi connectivity index (χ3v) is 4.65. The molecule has 0 aromatic carbocycles. The van der Waals surface area contributed by atoms with Crippen LogP contribution in [0.4, 0.5) is 16.4 Å². The van der Waals surface area contributed by atoms with Crippen molar-refractivity contribution >= 4 is 17.7 Å². The fourth-order valence-electron chi connectivity index (χ4n) is 2.90. The first kappa shape index (κ1) is 14.1. The number of hydrogen-bond acceptors (Lipinski definition) is 5. The summed E-state index contributed by atoms with van der Waals surface area (Å²) in [6, 6.07) is -0.124. The molecule has 1 saturated heterocycles. The van der Waals surface area contributed by atoms with Crippen molar-refractivity contribution in [2.75, 3.05) is 36.9 Å². The Kier molecular flexibility index (Phi) is 3.44. The van der Waals surface area contributed by atoms with Crippen LogP contribution in [-0.4, -0.2) is 47.6 Å². The van der Waals surface area contributed by atoms with Gasteiger partial charge < -0.3 is 15.5 Å². The lowest BCUT2D eigenvalue weighted by Crippen LogP contribution is -2.44. The van der Waals surface area contributed by atoms with Crippen LogP contribution in [0.3, 0.4) is 0 Å². The predicted molar refractivity (Wildman–Crippen MR) is 81.1 cm³/mol. The Morgan fingerprint density at radius 1 is 1.38 bits per heavy atom. The van der Waals surface area contributed by atoms with Crippen molar-refractivity contribution in [2.24, 2.45) is 11.1 Å². The maximum absolute atomic E-state index is 11.7. The number of carbonyl (C=O) groups is 1. The standard InChI is InChI=1S/C14H22N6O/c1-14(8-15)3-5-20(6-4-14)12-10-7-19(2)13(21)18-11(10)16-9-17-12/h9H,3-8,15H2,1-2H3,(H,16,17,18,21). The summed E-state index contributed by atoms with van der Waals surface area (Å²) in [7, 11) is 1.77. The molecule has 2 aliphatic heterocycles. The van der Waals surface area contributed by atoms with Crippen LogP contribution in [-0.2, 0) is 6.54 Å². The normalized spacial score (nSPS) is 21.0. The molecule has 0 saturated carbocycles. The topological polar surface area (TPSA) is 87.4 Å². The quantitative estimate of drug-likeness (QED) is 0.849. The number of hydrogen-bond donors (Lipinski definition) is 2. The summed E-state index contributed by atoms with van der Waals surface area (Å²) in [5.74, 6) is 1.57. The van der Waals surface area contributed by atoms with Gasteiger partial charge in [-0.3, -0.25) is 5.32 Å². The van der Waals surface area contributed by atoms with Crippen LogP contribution < -0.4 is 16.0 Å². The highest BCUT2D eigenvalue weighted by Crippen LogP contribution is 2.34. The fourth-order valence-corrected chi connectivity index (χ4v) is 2.90. The molecule has 21 heavy (non-hydrogen) atoms. The van der Waals surface area contributed by atoms with Crippen LogP contribution in [0.5, 0.6) is 0 Å². The molecule has 1 aromatic heterocycles. The Bertz CT molecular complexity index is 552. The SMILES string of the molecule is CN1Cc2c(ncnc2N2CCC(C)(CN)CC2)NC1=O. The van der Waals surface area contributed by atoms with Crippen molar-refractivity contribution in [3.63, 3.8) is 0 Å². The van der Waals surface area contributed by atoms with Gasteiger partial charge in [0.25, 0.3) is 0 Å². The molecule has 7 nitrogen and oxygen atoms in total. The molecular formula is C14H22N6O. The van der Waals surface area contributed by atoms with Gasteiger partial charge in [0.1, 0.15) is 18.0 Å². The Morgan fingerprint density at radius 2 is 2.10 bits per heavy atom. The number of nitrogens with one attached hydrogen (secondary N) is 1. The minimum atomic E-state index is -0.124. The summed E-state index contributed by atoms with van der Waals surface area (Å²) < 4.78 is 0. The number of amides is 2. The van der Waals surface area contributed by atoms with E-state index in [1.54, 1.807) is 11.9 Å². The lowest BCUT2D eigenvalue weighted by atomic mass is 9.80. The van der Waals surface area contributed by atoms with Crippen molar-refractivity contribution < 1.29 is 4.79 Å². The second-order valence-corrected chi connectivity index (χ2v) is 6.31. The summed E-state index contributed by atoms with van der Waals surface area (Å²) in [5, 5.41) is 2.81. The Hall–Kier alpha value is -1.89. The van der Waals surface area contributed by atoms with Gasteiger partial charge in [-0.25, -0.2) is 14.8 Å². The highest BCUT2D eigenvalue weighted by atomic mass is 16.2. The van der Waals surface area contributed by atoms with E-state index in [1.807, 2.05) is 0 Å². The zero-order valence-electron chi connectivity index (χ0n) is 12.6. The smallest absolute Gasteiger partial charge is 0.323 e. The molecule has 2 aliphatic rings. The van der Waals surface area contributed by atoms with E-state index in [4.69, 9.17) is 5.73 Å². The Balaban J connectivity index is 1.84. The molecule has 0 radical (unpaired) electrons. The van der Waals surface area contributed by atoms with Crippen LogP contribution in [0.2, 0.25) is 0 Å². The predicted octanol–water partition coefficient (Wildman–Crippen LogP) is 1.02. The fraction of sp³-hybridized carbons (Fsp3) is 0.643. The van der Waals surface area contributed by atoms with Gasteiger partial charge in [0.2, 0.25) is 0 Å². The van der Waals surface area contributed by atoms with Gasteiger partial charge in [-0.15, -0.1) is 0 Å². The van der Waals surface area contributed by atoms with E-state index in [2.05, 4.69) is 27.1 Å². The number of rotatable bonds is 2. The summed E-state index contributed by atoms with van der Waals surface area (Å²) in [5.41, 5.74) is 7.09. The zero-order chi connectivity index (χ0) is 15.0. The van der Waals surface area contributed by atoms with E-state index in [-0.39, 0.29) is 11.4 Å². The molecule has 3 N–H and O–H groups in total. The first-order chi connectivity index (χ1) is 10.0. The van der Waals surface area contributed by atoms with Gasteiger partial charge in [-0.2, -0.15) is 0 Å². The van der Waals surface area contributed by atoms with Gasteiger partial charge in [0, 0.05) is 20.1 Å². The van der Waals surface area contributed by atoms with Gasteiger partial charge in [0.15, 0.2) is 0 Å². The van der Waals surface area contributed by atoms with E-state index in [9.17, 15) is 4.79 Å². The van der Waals surface area contributed by atoms with Crippen LogP contribution in [0, 0.1) is 5.41 Å². The minimum absolute atomic E-state index is 0.124. The number of anilines is 2. The number of fused-ring (bicyclic) bond motifs is 1. The number of urea groups is 1. The zero-order valence-corrected chi connectivity index (χ0v) is 12.6. The first-order valence-electron chi connectivity index (χ1n) is 7.33. The van der Waals surface area contributed by atoms with E-state index < -0.39 is 0 Å². The molecule has 2 amide bonds. The third-order valence-electron chi connectivity index (χ3n) is 4.65. The molecule has 0 atom stereocenters. The van der Waals surface area contributed by atoms with Gasteiger partial charge >= 0.3 is 6.03 Å². The molecular weight excluding hydrogens is 268 g/mol. The molecule has 3 rings (SSSR count). The van der Waals surface area contributed by atoms with Crippen LogP contribution in [0.15, 0.2) is 6.33 Å². The van der Waals surface area contributed by atoms with E-state index in [0.717, 1.165) is 43.9 Å². The number of nitrogens with two attached hydrogens (primary N) is 1. The highest BCUT2D eigenvalue weighted by molar-refractivity contribution is 5.91. The molecule has 0 spiro atoms.